The SMILES string of the molecule is Cc1cc(C)c(C(N)Cc2ccccc2)s1. The maximum Gasteiger partial charge on any atom is 0.0433 e. The molecular weight excluding hydrogens is 214 g/mol. The van der Waals surface area contributed by atoms with Gasteiger partial charge in [-0.15, -0.1) is 11.3 Å². The molecule has 84 valence electrons. The van der Waals surface area contributed by atoms with Gasteiger partial charge in [0.05, 0.1) is 0 Å². The summed E-state index contributed by atoms with van der Waals surface area (Å²) in [5.74, 6) is 0. The minimum absolute atomic E-state index is 0.126. The van der Waals surface area contributed by atoms with Crippen LogP contribution in [0.4, 0.5) is 0 Å². The molecule has 1 atom stereocenters. The second kappa shape index (κ2) is 4.81. The van der Waals surface area contributed by atoms with Gasteiger partial charge in [0.25, 0.3) is 0 Å². The normalized spacial score (nSPS) is 12.7. The first-order valence-corrected chi connectivity index (χ1v) is 6.35. The predicted octanol–water partition coefficient (Wildman–Crippen LogP) is 3.61. The van der Waals surface area contributed by atoms with Gasteiger partial charge in [-0.05, 0) is 37.5 Å². The fourth-order valence-corrected chi connectivity index (χ4v) is 3.03. The van der Waals surface area contributed by atoms with Crippen LogP contribution in [0.25, 0.3) is 0 Å². The molecule has 1 aromatic carbocycles. The van der Waals surface area contributed by atoms with Crippen molar-refractivity contribution >= 4 is 11.3 Å². The van der Waals surface area contributed by atoms with Crippen molar-refractivity contribution in [2.24, 2.45) is 5.73 Å². The fourth-order valence-electron chi connectivity index (χ4n) is 1.99. The van der Waals surface area contributed by atoms with Crippen molar-refractivity contribution in [3.8, 4) is 0 Å². The number of benzene rings is 1. The minimum atomic E-state index is 0.126. The van der Waals surface area contributed by atoms with E-state index in [2.05, 4.69) is 44.2 Å². The van der Waals surface area contributed by atoms with Crippen molar-refractivity contribution in [1.82, 2.24) is 0 Å². The standard InChI is InChI=1S/C14H17NS/c1-10-8-11(2)16-14(10)13(15)9-12-6-4-3-5-7-12/h3-8,13H,9,15H2,1-2H3. The smallest absolute Gasteiger partial charge is 0.0433 e. The van der Waals surface area contributed by atoms with Crippen LogP contribution in [0.1, 0.15) is 26.9 Å². The van der Waals surface area contributed by atoms with Crippen LogP contribution >= 0.6 is 11.3 Å². The van der Waals surface area contributed by atoms with Crippen LogP contribution in [-0.4, -0.2) is 0 Å². The Labute approximate surface area is 101 Å². The first kappa shape index (κ1) is 11.4. The summed E-state index contributed by atoms with van der Waals surface area (Å²) in [7, 11) is 0. The van der Waals surface area contributed by atoms with Crippen molar-refractivity contribution in [2.75, 3.05) is 0 Å². The summed E-state index contributed by atoms with van der Waals surface area (Å²) in [5.41, 5.74) is 8.88. The molecule has 0 amide bonds. The van der Waals surface area contributed by atoms with Crippen LogP contribution < -0.4 is 5.73 Å². The van der Waals surface area contributed by atoms with E-state index in [1.165, 1.54) is 20.9 Å². The molecule has 1 aromatic heterocycles. The van der Waals surface area contributed by atoms with Gasteiger partial charge in [-0.1, -0.05) is 30.3 Å². The van der Waals surface area contributed by atoms with Crippen molar-refractivity contribution < 1.29 is 0 Å². The first-order valence-electron chi connectivity index (χ1n) is 5.53. The summed E-state index contributed by atoms with van der Waals surface area (Å²) in [6, 6.07) is 12.8. The number of hydrogen-bond acceptors (Lipinski definition) is 2. The number of thiophene rings is 1. The number of aryl methyl sites for hydroxylation is 2. The van der Waals surface area contributed by atoms with Crippen LogP contribution in [0.2, 0.25) is 0 Å². The highest BCUT2D eigenvalue weighted by Crippen LogP contribution is 2.28. The van der Waals surface area contributed by atoms with Gasteiger partial charge in [-0.3, -0.25) is 0 Å². The number of hydrogen-bond donors (Lipinski definition) is 1. The van der Waals surface area contributed by atoms with Crippen LogP contribution in [0.15, 0.2) is 36.4 Å². The second-order valence-corrected chi connectivity index (χ2v) is 5.49. The quantitative estimate of drug-likeness (QED) is 0.858. The summed E-state index contributed by atoms with van der Waals surface area (Å²) in [4.78, 5) is 2.66. The van der Waals surface area contributed by atoms with Gasteiger partial charge in [0, 0.05) is 15.8 Å². The van der Waals surface area contributed by atoms with E-state index in [0.29, 0.717) is 0 Å². The molecule has 0 spiro atoms. The Bertz CT molecular complexity index is 459. The van der Waals surface area contributed by atoms with Crippen LogP contribution in [0, 0.1) is 13.8 Å². The topological polar surface area (TPSA) is 26.0 Å². The Morgan fingerprint density at radius 1 is 1.19 bits per heavy atom. The lowest BCUT2D eigenvalue weighted by molar-refractivity contribution is 0.732. The Morgan fingerprint density at radius 2 is 1.88 bits per heavy atom. The van der Waals surface area contributed by atoms with Crippen molar-refractivity contribution in [1.29, 1.82) is 0 Å². The highest BCUT2D eigenvalue weighted by atomic mass is 32.1. The van der Waals surface area contributed by atoms with E-state index in [9.17, 15) is 0 Å². The average Bonchev–Trinajstić information content (AvgIpc) is 2.59. The molecule has 2 rings (SSSR count). The zero-order valence-electron chi connectivity index (χ0n) is 9.73. The summed E-state index contributed by atoms with van der Waals surface area (Å²) in [5, 5.41) is 0. The molecule has 2 N–H and O–H groups in total. The minimum Gasteiger partial charge on any atom is -0.323 e. The van der Waals surface area contributed by atoms with Gasteiger partial charge in [-0.2, -0.15) is 0 Å². The molecule has 1 heterocycles. The van der Waals surface area contributed by atoms with Gasteiger partial charge in [0.15, 0.2) is 0 Å². The lowest BCUT2D eigenvalue weighted by Crippen LogP contribution is -2.12. The highest BCUT2D eigenvalue weighted by molar-refractivity contribution is 7.12. The molecule has 0 aliphatic rings. The Morgan fingerprint density at radius 3 is 2.44 bits per heavy atom. The monoisotopic (exact) mass is 231 g/mol. The van der Waals surface area contributed by atoms with Crippen LogP contribution in [0.5, 0.6) is 0 Å². The Hall–Kier alpha value is -1.12. The second-order valence-electron chi connectivity index (χ2n) is 4.20. The summed E-state index contributed by atoms with van der Waals surface area (Å²) in [6.07, 6.45) is 0.918. The number of nitrogens with two attached hydrogens (primary N) is 1. The average molecular weight is 231 g/mol. The van der Waals surface area contributed by atoms with E-state index in [-0.39, 0.29) is 6.04 Å². The van der Waals surface area contributed by atoms with E-state index in [0.717, 1.165) is 6.42 Å². The molecule has 0 radical (unpaired) electrons. The van der Waals surface area contributed by atoms with Gasteiger partial charge < -0.3 is 5.73 Å². The van der Waals surface area contributed by atoms with Crippen molar-refractivity contribution in [3.05, 3.63) is 57.3 Å². The molecule has 0 aliphatic carbocycles. The Balaban J connectivity index is 2.14. The zero-order valence-corrected chi connectivity index (χ0v) is 10.6. The lowest BCUT2D eigenvalue weighted by atomic mass is 10.0. The van der Waals surface area contributed by atoms with Gasteiger partial charge in [-0.25, -0.2) is 0 Å². The molecule has 0 fully saturated rings. The van der Waals surface area contributed by atoms with E-state index in [1.807, 2.05) is 17.4 Å². The molecule has 2 aromatic rings. The highest BCUT2D eigenvalue weighted by Gasteiger charge is 2.12. The maximum absolute atomic E-state index is 6.25. The van der Waals surface area contributed by atoms with Crippen molar-refractivity contribution in [3.63, 3.8) is 0 Å². The predicted molar refractivity (Wildman–Crippen MR) is 70.9 cm³/mol. The fraction of sp³-hybridized carbons (Fsp3) is 0.286. The summed E-state index contributed by atoms with van der Waals surface area (Å²) >= 11 is 1.82. The van der Waals surface area contributed by atoms with E-state index in [1.54, 1.807) is 0 Å². The molecule has 2 heteroatoms. The molecular formula is C14H17NS. The zero-order chi connectivity index (χ0) is 11.5. The van der Waals surface area contributed by atoms with Crippen LogP contribution in [-0.2, 0) is 6.42 Å². The molecule has 0 aliphatic heterocycles. The first-order chi connectivity index (χ1) is 7.66. The van der Waals surface area contributed by atoms with E-state index < -0.39 is 0 Å². The summed E-state index contributed by atoms with van der Waals surface area (Å²) in [6.45, 7) is 4.28. The van der Waals surface area contributed by atoms with Crippen LogP contribution in [0.3, 0.4) is 0 Å². The third-order valence-corrected chi connectivity index (χ3v) is 4.00. The molecule has 0 saturated heterocycles. The van der Waals surface area contributed by atoms with Gasteiger partial charge in [0.2, 0.25) is 0 Å². The van der Waals surface area contributed by atoms with E-state index >= 15 is 0 Å². The third-order valence-electron chi connectivity index (χ3n) is 2.71. The largest absolute Gasteiger partial charge is 0.323 e. The van der Waals surface area contributed by atoms with E-state index in [4.69, 9.17) is 5.73 Å². The lowest BCUT2D eigenvalue weighted by Gasteiger charge is -2.11. The number of rotatable bonds is 3. The maximum atomic E-state index is 6.25. The molecule has 1 nitrogen and oxygen atoms in total. The van der Waals surface area contributed by atoms with Gasteiger partial charge in [0.1, 0.15) is 0 Å². The molecule has 1 unspecified atom stereocenters. The molecule has 0 saturated carbocycles. The molecule has 16 heavy (non-hydrogen) atoms. The third kappa shape index (κ3) is 2.52. The Kier molecular flexibility index (Phi) is 3.42. The summed E-state index contributed by atoms with van der Waals surface area (Å²) < 4.78 is 0. The molecule has 0 bridgehead atoms. The van der Waals surface area contributed by atoms with Crippen molar-refractivity contribution in [2.45, 2.75) is 26.3 Å². The van der Waals surface area contributed by atoms with Gasteiger partial charge >= 0.3 is 0 Å².